The van der Waals surface area contributed by atoms with Crippen molar-refractivity contribution in [2.45, 2.75) is 26.7 Å². The number of carbonyl (C=O) groups is 2. The molecule has 1 heterocycles. The van der Waals surface area contributed by atoms with Gasteiger partial charge in [-0.25, -0.2) is 9.59 Å². The molecule has 19 heavy (non-hydrogen) atoms. The molecule has 0 radical (unpaired) electrons. The molecule has 4 N–H and O–H groups in total. The SMILES string of the molecule is CCCO.CCCO.O=C(O)c1ccc(C(=O)O)o1. The number of rotatable bonds is 4. The molecule has 110 valence electrons. The van der Waals surface area contributed by atoms with Gasteiger partial charge in [0.25, 0.3) is 0 Å². The van der Waals surface area contributed by atoms with Gasteiger partial charge < -0.3 is 24.8 Å². The second-order valence-electron chi connectivity index (χ2n) is 3.22. The average molecular weight is 276 g/mol. The first kappa shape index (κ1) is 19.5. The number of aliphatic hydroxyl groups excluding tert-OH is 2. The van der Waals surface area contributed by atoms with Gasteiger partial charge in [-0.3, -0.25) is 0 Å². The van der Waals surface area contributed by atoms with E-state index >= 15 is 0 Å². The van der Waals surface area contributed by atoms with Crippen LogP contribution in [0.1, 0.15) is 47.8 Å². The largest absolute Gasteiger partial charge is 0.475 e. The van der Waals surface area contributed by atoms with Gasteiger partial charge in [-0.15, -0.1) is 0 Å². The standard InChI is InChI=1S/C6H4O5.2C3H8O/c7-5(8)3-1-2-4(11-3)6(9)10;2*1-2-3-4/h1-2H,(H,7,8)(H,9,10);2*4H,2-3H2,1H3. The molecule has 7 nitrogen and oxygen atoms in total. The summed E-state index contributed by atoms with van der Waals surface area (Å²) >= 11 is 0. The van der Waals surface area contributed by atoms with Crippen LogP contribution in [0.25, 0.3) is 0 Å². The Kier molecular flexibility index (Phi) is 12.9. The lowest BCUT2D eigenvalue weighted by molar-refractivity contribution is 0.0631. The van der Waals surface area contributed by atoms with Crippen LogP contribution in [0, 0.1) is 0 Å². The van der Waals surface area contributed by atoms with Crippen LogP contribution >= 0.6 is 0 Å². The van der Waals surface area contributed by atoms with Crippen molar-refractivity contribution in [3.63, 3.8) is 0 Å². The molecule has 0 bridgehead atoms. The third-order valence-electron chi connectivity index (χ3n) is 1.47. The van der Waals surface area contributed by atoms with Crippen molar-refractivity contribution in [2.24, 2.45) is 0 Å². The summed E-state index contributed by atoms with van der Waals surface area (Å²) in [6.45, 7) is 4.50. The Morgan fingerprint density at radius 1 is 0.947 bits per heavy atom. The molecule has 0 saturated heterocycles. The molecule has 0 fully saturated rings. The lowest BCUT2D eigenvalue weighted by Gasteiger charge is -1.84. The van der Waals surface area contributed by atoms with Gasteiger partial charge in [0.1, 0.15) is 0 Å². The fourth-order valence-electron chi connectivity index (χ4n) is 0.568. The lowest BCUT2D eigenvalue weighted by Crippen LogP contribution is -1.94. The van der Waals surface area contributed by atoms with Gasteiger partial charge in [0.2, 0.25) is 11.5 Å². The summed E-state index contributed by atoms with van der Waals surface area (Å²) in [5.41, 5.74) is 0. The summed E-state index contributed by atoms with van der Waals surface area (Å²) in [5, 5.41) is 32.3. The van der Waals surface area contributed by atoms with Gasteiger partial charge in [0, 0.05) is 13.2 Å². The Hall–Kier alpha value is -1.86. The van der Waals surface area contributed by atoms with Crippen molar-refractivity contribution in [1.82, 2.24) is 0 Å². The van der Waals surface area contributed by atoms with E-state index in [1.165, 1.54) is 0 Å². The molecule has 0 spiro atoms. The van der Waals surface area contributed by atoms with Crippen LogP contribution < -0.4 is 0 Å². The number of hydrogen-bond donors (Lipinski definition) is 4. The van der Waals surface area contributed by atoms with Gasteiger partial charge in [0.15, 0.2) is 0 Å². The topological polar surface area (TPSA) is 128 Å². The molecule has 0 aliphatic carbocycles. The van der Waals surface area contributed by atoms with Gasteiger partial charge in [-0.05, 0) is 25.0 Å². The number of carboxylic acids is 2. The minimum Gasteiger partial charge on any atom is -0.475 e. The molecule has 0 unspecified atom stereocenters. The molecule has 0 aromatic carbocycles. The number of hydrogen-bond acceptors (Lipinski definition) is 5. The molecule has 1 aromatic heterocycles. The second kappa shape index (κ2) is 12.6. The number of aromatic carboxylic acids is 2. The van der Waals surface area contributed by atoms with Crippen LogP contribution in [0.2, 0.25) is 0 Å². The second-order valence-corrected chi connectivity index (χ2v) is 3.22. The molecule has 0 aliphatic rings. The van der Waals surface area contributed by atoms with Crippen LogP contribution in [0.3, 0.4) is 0 Å². The van der Waals surface area contributed by atoms with E-state index in [9.17, 15) is 9.59 Å². The first-order valence-corrected chi connectivity index (χ1v) is 5.72. The Bertz CT molecular complexity index is 320. The zero-order valence-electron chi connectivity index (χ0n) is 11.0. The molecule has 0 saturated carbocycles. The quantitative estimate of drug-likeness (QED) is 0.655. The van der Waals surface area contributed by atoms with E-state index < -0.39 is 11.9 Å². The Labute approximate surface area is 111 Å². The average Bonchev–Trinajstić information content (AvgIpc) is 2.89. The Morgan fingerprint density at radius 2 is 1.21 bits per heavy atom. The minimum absolute atomic E-state index is 0.319. The van der Waals surface area contributed by atoms with Gasteiger partial charge in [-0.2, -0.15) is 0 Å². The molecule has 1 aromatic rings. The van der Waals surface area contributed by atoms with Crippen molar-refractivity contribution in [1.29, 1.82) is 0 Å². The molecule has 0 aliphatic heterocycles. The number of carboxylic acid groups (broad SMARTS) is 2. The fourth-order valence-corrected chi connectivity index (χ4v) is 0.568. The normalized spacial score (nSPS) is 8.63. The van der Waals surface area contributed by atoms with E-state index in [1.807, 2.05) is 13.8 Å². The highest BCUT2D eigenvalue weighted by atomic mass is 16.4. The summed E-state index contributed by atoms with van der Waals surface area (Å²) in [6, 6.07) is 2.18. The molecule has 7 heteroatoms. The van der Waals surface area contributed by atoms with E-state index in [0.717, 1.165) is 25.0 Å². The predicted octanol–water partition coefficient (Wildman–Crippen LogP) is 1.45. The zero-order chi connectivity index (χ0) is 15.3. The third kappa shape index (κ3) is 11.0. The highest BCUT2D eigenvalue weighted by Gasteiger charge is 2.12. The van der Waals surface area contributed by atoms with Crippen LogP contribution in [0.15, 0.2) is 16.5 Å². The predicted molar refractivity (Wildman–Crippen MR) is 67.4 cm³/mol. The first-order valence-electron chi connectivity index (χ1n) is 5.72. The van der Waals surface area contributed by atoms with Crippen LogP contribution in [-0.2, 0) is 0 Å². The monoisotopic (exact) mass is 276 g/mol. The summed E-state index contributed by atoms with van der Waals surface area (Å²) in [6.07, 6.45) is 1.75. The molecular formula is C12H20O7. The maximum atomic E-state index is 10.2. The fraction of sp³-hybridized carbons (Fsp3) is 0.500. The van der Waals surface area contributed by atoms with Crippen molar-refractivity contribution in [2.75, 3.05) is 13.2 Å². The smallest absolute Gasteiger partial charge is 0.371 e. The third-order valence-corrected chi connectivity index (χ3v) is 1.47. The van der Waals surface area contributed by atoms with E-state index in [-0.39, 0.29) is 11.5 Å². The maximum absolute atomic E-state index is 10.2. The number of furan rings is 1. The van der Waals surface area contributed by atoms with Crippen LogP contribution in [-0.4, -0.2) is 45.6 Å². The summed E-state index contributed by atoms with van der Waals surface area (Å²) < 4.78 is 4.41. The first-order chi connectivity index (χ1) is 8.94. The highest BCUT2D eigenvalue weighted by molar-refractivity contribution is 5.88. The lowest BCUT2D eigenvalue weighted by atomic mass is 10.4. The minimum atomic E-state index is -1.28. The Morgan fingerprint density at radius 3 is 1.32 bits per heavy atom. The van der Waals surface area contributed by atoms with Crippen molar-refractivity contribution < 1.29 is 34.4 Å². The van der Waals surface area contributed by atoms with E-state index in [2.05, 4.69) is 4.42 Å². The Balaban J connectivity index is 0. The summed E-state index contributed by atoms with van der Waals surface area (Å²) in [5.74, 6) is -3.31. The van der Waals surface area contributed by atoms with E-state index in [0.29, 0.717) is 13.2 Å². The van der Waals surface area contributed by atoms with Crippen molar-refractivity contribution in [3.05, 3.63) is 23.7 Å². The van der Waals surface area contributed by atoms with Crippen molar-refractivity contribution in [3.8, 4) is 0 Å². The zero-order valence-corrected chi connectivity index (χ0v) is 11.0. The van der Waals surface area contributed by atoms with Gasteiger partial charge >= 0.3 is 11.9 Å². The maximum Gasteiger partial charge on any atom is 0.371 e. The summed E-state index contributed by atoms with van der Waals surface area (Å²) in [7, 11) is 0. The molecule has 0 atom stereocenters. The summed E-state index contributed by atoms with van der Waals surface area (Å²) in [4.78, 5) is 20.3. The van der Waals surface area contributed by atoms with Crippen molar-refractivity contribution >= 4 is 11.9 Å². The van der Waals surface area contributed by atoms with Gasteiger partial charge in [0.05, 0.1) is 0 Å². The molecule has 0 amide bonds. The van der Waals surface area contributed by atoms with E-state index in [1.54, 1.807) is 0 Å². The van der Waals surface area contributed by atoms with Crippen LogP contribution in [0.5, 0.6) is 0 Å². The van der Waals surface area contributed by atoms with Gasteiger partial charge in [-0.1, -0.05) is 13.8 Å². The van der Waals surface area contributed by atoms with Crippen LogP contribution in [0.4, 0.5) is 0 Å². The number of aliphatic hydroxyl groups is 2. The highest BCUT2D eigenvalue weighted by Crippen LogP contribution is 2.06. The molecular weight excluding hydrogens is 256 g/mol. The van der Waals surface area contributed by atoms with E-state index in [4.69, 9.17) is 20.4 Å². The molecule has 1 rings (SSSR count).